The second-order valence-corrected chi connectivity index (χ2v) is 7.61. The Balaban J connectivity index is 1.54. The molecule has 0 spiro atoms. The Morgan fingerprint density at radius 3 is 2.42 bits per heavy atom. The van der Waals surface area contributed by atoms with Crippen LogP contribution in [0.25, 0.3) is 0 Å². The zero-order valence-corrected chi connectivity index (χ0v) is 15.9. The first-order valence-electron chi connectivity index (χ1n) is 9.61. The number of carbonyl (C=O) groups is 1. The summed E-state index contributed by atoms with van der Waals surface area (Å²) in [6, 6.07) is 18.8. The summed E-state index contributed by atoms with van der Waals surface area (Å²) in [6.45, 7) is 6.44. The Bertz CT molecular complexity index is 694. The van der Waals surface area contributed by atoms with Crippen LogP contribution >= 0.6 is 0 Å². The van der Waals surface area contributed by atoms with Gasteiger partial charge in [0.2, 0.25) is 5.91 Å². The van der Waals surface area contributed by atoms with Gasteiger partial charge in [-0.1, -0.05) is 68.4 Å². The van der Waals surface area contributed by atoms with Crippen molar-refractivity contribution in [1.29, 1.82) is 0 Å². The Morgan fingerprint density at radius 2 is 1.73 bits per heavy atom. The Labute approximate surface area is 157 Å². The summed E-state index contributed by atoms with van der Waals surface area (Å²) in [4.78, 5) is 14.7. The molecule has 2 aromatic rings. The van der Waals surface area contributed by atoms with Crippen LogP contribution in [-0.4, -0.2) is 36.6 Å². The van der Waals surface area contributed by atoms with Gasteiger partial charge in [0.25, 0.3) is 0 Å². The molecule has 1 amide bonds. The third kappa shape index (κ3) is 5.43. The highest BCUT2D eigenvalue weighted by Gasteiger charge is 2.24. The third-order valence-corrected chi connectivity index (χ3v) is 4.82. The molecule has 2 aromatic carbocycles. The highest BCUT2D eigenvalue weighted by atomic mass is 16.5. The first-order valence-corrected chi connectivity index (χ1v) is 9.61. The summed E-state index contributed by atoms with van der Waals surface area (Å²) in [5.41, 5.74) is 3.69. The van der Waals surface area contributed by atoms with Crippen molar-refractivity contribution in [1.82, 2.24) is 4.90 Å². The van der Waals surface area contributed by atoms with Crippen LogP contribution in [-0.2, 0) is 28.8 Å². The van der Waals surface area contributed by atoms with Gasteiger partial charge in [0.05, 0.1) is 19.1 Å². The molecule has 0 aliphatic carbocycles. The number of amides is 1. The van der Waals surface area contributed by atoms with E-state index in [1.54, 1.807) is 0 Å². The van der Waals surface area contributed by atoms with Gasteiger partial charge in [-0.05, 0) is 29.0 Å². The molecule has 1 heterocycles. The van der Waals surface area contributed by atoms with Crippen LogP contribution in [0.15, 0.2) is 54.6 Å². The summed E-state index contributed by atoms with van der Waals surface area (Å²) < 4.78 is 5.87. The fourth-order valence-electron chi connectivity index (χ4n) is 3.50. The van der Waals surface area contributed by atoms with E-state index in [0.29, 0.717) is 32.0 Å². The number of nitrogens with zero attached hydrogens (tertiary/aromatic N) is 1. The molecule has 3 heteroatoms. The van der Waals surface area contributed by atoms with Crippen molar-refractivity contribution in [3.8, 4) is 0 Å². The molecule has 1 aliphatic rings. The predicted molar refractivity (Wildman–Crippen MR) is 105 cm³/mol. The second-order valence-electron chi connectivity index (χ2n) is 7.61. The van der Waals surface area contributed by atoms with E-state index in [1.165, 1.54) is 11.1 Å². The lowest BCUT2D eigenvalue weighted by atomic mass is 10.0. The lowest BCUT2D eigenvalue weighted by Gasteiger charge is -2.33. The zero-order valence-electron chi connectivity index (χ0n) is 15.9. The van der Waals surface area contributed by atoms with E-state index in [-0.39, 0.29) is 12.0 Å². The molecule has 0 aromatic heterocycles. The molecular weight excluding hydrogens is 322 g/mol. The topological polar surface area (TPSA) is 29.5 Å². The first-order chi connectivity index (χ1) is 12.6. The highest BCUT2D eigenvalue weighted by Crippen LogP contribution is 2.15. The van der Waals surface area contributed by atoms with E-state index < -0.39 is 0 Å². The van der Waals surface area contributed by atoms with Crippen LogP contribution in [0.5, 0.6) is 0 Å². The first kappa shape index (κ1) is 18.7. The van der Waals surface area contributed by atoms with Crippen molar-refractivity contribution >= 4 is 5.91 Å². The van der Waals surface area contributed by atoms with Crippen molar-refractivity contribution in [3.63, 3.8) is 0 Å². The minimum atomic E-state index is 0.0866. The van der Waals surface area contributed by atoms with Crippen LogP contribution in [0.1, 0.15) is 30.5 Å². The van der Waals surface area contributed by atoms with Gasteiger partial charge in [0, 0.05) is 19.5 Å². The summed E-state index contributed by atoms with van der Waals surface area (Å²) >= 11 is 0. The number of benzene rings is 2. The highest BCUT2D eigenvalue weighted by molar-refractivity contribution is 5.78. The average molecular weight is 351 g/mol. The van der Waals surface area contributed by atoms with Gasteiger partial charge in [-0.2, -0.15) is 0 Å². The maximum Gasteiger partial charge on any atom is 0.227 e. The number of rotatable bonds is 6. The largest absolute Gasteiger partial charge is 0.374 e. The quantitative estimate of drug-likeness (QED) is 0.790. The summed E-state index contributed by atoms with van der Waals surface area (Å²) in [5.74, 6) is 0.848. The van der Waals surface area contributed by atoms with Crippen molar-refractivity contribution in [2.45, 2.75) is 39.2 Å². The summed E-state index contributed by atoms with van der Waals surface area (Å²) in [7, 11) is 0. The van der Waals surface area contributed by atoms with Gasteiger partial charge in [0.15, 0.2) is 0 Å². The van der Waals surface area contributed by atoms with Crippen molar-refractivity contribution < 1.29 is 9.53 Å². The lowest BCUT2D eigenvalue weighted by molar-refractivity contribution is -0.138. The van der Waals surface area contributed by atoms with E-state index in [2.05, 4.69) is 50.2 Å². The molecule has 26 heavy (non-hydrogen) atoms. The van der Waals surface area contributed by atoms with Gasteiger partial charge in [-0.3, -0.25) is 4.79 Å². The van der Waals surface area contributed by atoms with Gasteiger partial charge < -0.3 is 9.64 Å². The molecular formula is C23H29NO2. The lowest BCUT2D eigenvalue weighted by Crippen LogP contribution is -2.46. The van der Waals surface area contributed by atoms with Crippen LogP contribution in [0.2, 0.25) is 0 Å². The zero-order chi connectivity index (χ0) is 18.4. The maximum atomic E-state index is 12.7. The number of ether oxygens (including phenoxy) is 1. The summed E-state index contributed by atoms with van der Waals surface area (Å²) in [5, 5.41) is 0. The molecule has 138 valence electrons. The van der Waals surface area contributed by atoms with Gasteiger partial charge in [-0.15, -0.1) is 0 Å². The van der Waals surface area contributed by atoms with Crippen molar-refractivity contribution in [3.05, 3.63) is 71.3 Å². The molecule has 3 rings (SSSR count). The van der Waals surface area contributed by atoms with Crippen molar-refractivity contribution in [2.75, 3.05) is 19.7 Å². The molecule has 1 aliphatic heterocycles. The monoisotopic (exact) mass is 351 g/mol. The van der Waals surface area contributed by atoms with E-state index in [1.807, 2.05) is 23.1 Å². The molecule has 1 saturated heterocycles. The number of carbonyl (C=O) groups excluding carboxylic acids is 1. The number of hydrogen-bond acceptors (Lipinski definition) is 2. The molecule has 3 nitrogen and oxygen atoms in total. The Morgan fingerprint density at radius 1 is 1.04 bits per heavy atom. The smallest absolute Gasteiger partial charge is 0.227 e. The molecule has 0 N–H and O–H groups in total. The fourth-order valence-corrected chi connectivity index (χ4v) is 3.50. The average Bonchev–Trinajstić information content (AvgIpc) is 2.64. The van der Waals surface area contributed by atoms with Crippen LogP contribution in [0.3, 0.4) is 0 Å². The van der Waals surface area contributed by atoms with Gasteiger partial charge in [-0.25, -0.2) is 0 Å². The standard InChI is InChI=1S/C23H29NO2/c1-18(2)14-20-8-10-21(11-9-20)16-23(25)24-12-13-26-22(17-24)15-19-6-4-3-5-7-19/h3-11,18,22H,12-17H2,1-2H3/t22-/m1/s1. The van der Waals surface area contributed by atoms with E-state index >= 15 is 0 Å². The SMILES string of the molecule is CC(C)Cc1ccc(CC(=O)N2CCO[C@H](Cc3ccccc3)C2)cc1. The number of morpholine rings is 1. The molecule has 0 bridgehead atoms. The molecule has 0 saturated carbocycles. The van der Waals surface area contributed by atoms with Gasteiger partial charge >= 0.3 is 0 Å². The van der Waals surface area contributed by atoms with E-state index in [9.17, 15) is 4.79 Å². The number of hydrogen-bond donors (Lipinski definition) is 0. The van der Waals surface area contributed by atoms with Crippen molar-refractivity contribution in [2.24, 2.45) is 5.92 Å². The van der Waals surface area contributed by atoms with Gasteiger partial charge in [0.1, 0.15) is 0 Å². The molecule has 1 fully saturated rings. The third-order valence-electron chi connectivity index (χ3n) is 4.82. The fraction of sp³-hybridized carbons (Fsp3) is 0.435. The maximum absolute atomic E-state index is 12.7. The normalized spacial score (nSPS) is 17.5. The predicted octanol–water partition coefficient (Wildman–Crippen LogP) is 3.90. The summed E-state index contributed by atoms with van der Waals surface area (Å²) in [6.07, 6.45) is 2.50. The van der Waals surface area contributed by atoms with E-state index in [4.69, 9.17) is 4.74 Å². The minimum absolute atomic E-state index is 0.0866. The molecule has 0 radical (unpaired) electrons. The Hall–Kier alpha value is -2.13. The molecule has 1 atom stereocenters. The van der Waals surface area contributed by atoms with Crippen LogP contribution in [0.4, 0.5) is 0 Å². The van der Waals surface area contributed by atoms with E-state index in [0.717, 1.165) is 18.4 Å². The minimum Gasteiger partial charge on any atom is -0.374 e. The van der Waals surface area contributed by atoms with Crippen LogP contribution < -0.4 is 0 Å². The Kier molecular flexibility index (Phi) is 6.45. The molecule has 0 unspecified atom stereocenters. The van der Waals surface area contributed by atoms with Crippen LogP contribution in [0, 0.1) is 5.92 Å². The second kappa shape index (κ2) is 9.00.